The number of benzene rings is 1. The van der Waals surface area contributed by atoms with Gasteiger partial charge in [0.25, 0.3) is 0 Å². The standard InChI is InChI=1S/C17H22BrNOS/c1-3-8-20-15-7-5-6-13(9-15)17(19-4-2)11-16-10-14(18)12-21-16/h5-7,9-10,12,17,19H,3-4,8,11H2,1-2H3. The Kier molecular flexibility index (Phi) is 6.74. The molecule has 4 heteroatoms. The highest BCUT2D eigenvalue weighted by atomic mass is 79.9. The Morgan fingerprint density at radius 2 is 2.14 bits per heavy atom. The Morgan fingerprint density at radius 1 is 1.29 bits per heavy atom. The highest BCUT2D eigenvalue weighted by Crippen LogP contribution is 2.27. The van der Waals surface area contributed by atoms with Crippen LogP contribution in [0.25, 0.3) is 0 Å². The number of ether oxygens (including phenoxy) is 1. The van der Waals surface area contributed by atoms with Crippen molar-refractivity contribution in [1.29, 1.82) is 0 Å². The third kappa shape index (κ3) is 5.13. The van der Waals surface area contributed by atoms with Crippen LogP contribution in [0.3, 0.4) is 0 Å². The van der Waals surface area contributed by atoms with E-state index in [9.17, 15) is 0 Å². The molecule has 2 rings (SSSR count). The quantitative estimate of drug-likeness (QED) is 0.692. The maximum absolute atomic E-state index is 5.75. The van der Waals surface area contributed by atoms with Gasteiger partial charge in [-0.2, -0.15) is 0 Å². The van der Waals surface area contributed by atoms with Crippen LogP contribution in [0.4, 0.5) is 0 Å². The summed E-state index contributed by atoms with van der Waals surface area (Å²) in [4.78, 5) is 1.38. The first-order valence-electron chi connectivity index (χ1n) is 7.42. The maximum atomic E-state index is 5.75. The van der Waals surface area contributed by atoms with E-state index in [0.717, 1.165) is 36.2 Å². The van der Waals surface area contributed by atoms with Crippen LogP contribution >= 0.6 is 27.3 Å². The van der Waals surface area contributed by atoms with Gasteiger partial charge >= 0.3 is 0 Å². The predicted molar refractivity (Wildman–Crippen MR) is 94.4 cm³/mol. The normalized spacial score (nSPS) is 12.3. The monoisotopic (exact) mass is 367 g/mol. The molecule has 2 aromatic rings. The van der Waals surface area contributed by atoms with Crippen LogP contribution in [0.15, 0.2) is 40.2 Å². The van der Waals surface area contributed by atoms with Gasteiger partial charge in [0.1, 0.15) is 5.75 Å². The highest BCUT2D eigenvalue weighted by Gasteiger charge is 2.13. The third-order valence-corrected chi connectivity index (χ3v) is 4.93. The molecular weight excluding hydrogens is 346 g/mol. The lowest BCUT2D eigenvalue weighted by atomic mass is 10.0. The molecule has 21 heavy (non-hydrogen) atoms. The second kappa shape index (κ2) is 8.57. The van der Waals surface area contributed by atoms with Gasteiger partial charge < -0.3 is 10.1 Å². The minimum absolute atomic E-state index is 0.325. The molecule has 0 aliphatic rings. The van der Waals surface area contributed by atoms with Crippen molar-refractivity contribution in [3.8, 4) is 5.75 Å². The molecule has 0 aliphatic heterocycles. The van der Waals surface area contributed by atoms with E-state index in [-0.39, 0.29) is 0 Å². The van der Waals surface area contributed by atoms with E-state index in [1.165, 1.54) is 10.4 Å². The summed E-state index contributed by atoms with van der Waals surface area (Å²) in [6, 6.07) is 11.0. The maximum Gasteiger partial charge on any atom is 0.119 e. The van der Waals surface area contributed by atoms with Crippen molar-refractivity contribution in [3.63, 3.8) is 0 Å². The number of hydrogen-bond acceptors (Lipinski definition) is 3. The molecule has 2 nitrogen and oxygen atoms in total. The molecule has 0 bridgehead atoms. The molecule has 1 N–H and O–H groups in total. The van der Waals surface area contributed by atoms with Crippen LogP contribution in [0.5, 0.6) is 5.75 Å². The third-order valence-electron chi connectivity index (χ3n) is 3.21. The van der Waals surface area contributed by atoms with E-state index in [4.69, 9.17) is 4.74 Å². The second-order valence-electron chi connectivity index (χ2n) is 4.97. The average molecular weight is 368 g/mol. The van der Waals surface area contributed by atoms with Crippen molar-refractivity contribution >= 4 is 27.3 Å². The number of thiophene rings is 1. The Labute approximate surface area is 139 Å². The van der Waals surface area contributed by atoms with Crippen molar-refractivity contribution in [2.75, 3.05) is 13.2 Å². The van der Waals surface area contributed by atoms with Gasteiger partial charge in [-0.05, 0) is 52.7 Å². The second-order valence-corrected chi connectivity index (χ2v) is 6.88. The van der Waals surface area contributed by atoms with Crippen LogP contribution in [-0.2, 0) is 6.42 Å². The van der Waals surface area contributed by atoms with Gasteiger partial charge in [0.2, 0.25) is 0 Å². The summed E-state index contributed by atoms with van der Waals surface area (Å²) < 4.78 is 6.91. The van der Waals surface area contributed by atoms with E-state index in [1.54, 1.807) is 11.3 Å². The first kappa shape index (κ1) is 16.5. The van der Waals surface area contributed by atoms with E-state index in [1.807, 2.05) is 6.07 Å². The zero-order valence-electron chi connectivity index (χ0n) is 12.6. The Bertz CT molecular complexity index is 555. The van der Waals surface area contributed by atoms with Gasteiger partial charge in [0, 0.05) is 27.2 Å². The average Bonchev–Trinajstić information content (AvgIpc) is 2.90. The molecule has 1 aromatic carbocycles. The molecular formula is C17H22BrNOS. The van der Waals surface area contributed by atoms with Crippen molar-refractivity contribution in [3.05, 3.63) is 50.6 Å². The topological polar surface area (TPSA) is 21.3 Å². The van der Waals surface area contributed by atoms with Crippen molar-refractivity contribution in [2.45, 2.75) is 32.7 Å². The van der Waals surface area contributed by atoms with Crippen molar-refractivity contribution < 1.29 is 4.74 Å². The van der Waals surface area contributed by atoms with Gasteiger partial charge in [0.05, 0.1) is 6.61 Å². The highest BCUT2D eigenvalue weighted by molar-refractivity contribution is 9.10. The van der Waals surface area contributed by atoms with Gasteiger partial charge in [-0.15, -0.1) is 11.3 Å². The molecule has 0 radical (unpaired) electrons. The summed E-state index contributed by atoms with van der Waals surface area (Å²) in [6.45, 7) is 6.00. The van der Waals surface area contributed by atoms with E-state index >= 15 is 0 Å². The molecule has 0 spiro atoms. The Balaban J connectivity index is 2.13. The fourth-order valence-electron chi connectivity index (χ4n) is 2.26. The zero-order chi connectivity index (χ0) is 15.1. The number of hydrogen-bond donors (Lipinski definition) is 1. The SMILES string of the molecule is CCCOc1cccc(C(Cc2cc(Br)cs2)NCC)c1. The zero-order valence-corrected chi connectivity index (χ0v) is 15.0. The molecule has 0 saturated carbocycles. The van der Waals surface area contributed by atoms with Crippen molar-refractivity contribution in [2.24, 2.45) is 0 Å². The van der Waals surface area contributed by atoms with Crippen LogP contribution in [0.2, 0.25) is 0 Å². The number of nitrogens with one attached hydrogen (secondary N) is 1. The lowest BCUT2D eigenvalue weighted by Crippen LogP contribution is -2.22. The molecule has 0 fully saturated rings. The Hall–Kier alpha value is -0.840. The van der Waals surface area contributed by atoms with Crippen LogP contribution in [0.1, 0.15) is 36.8 Å². The van der Waals surface area contributed by atoms with Crippen LogP contribution in [-0.4, -0.2) is 13.2 Å². The van der Waals surface area contributed by atoms with Crippen molar-refractivity contribution in [1.82, 2.24) is 5.32 Å². The minimum atomic E-state index is 0.325. The lowest BCUT2D eigenvalue weighted by molar-refractivity contribution is 0.316. The molecule has 1 heterocycles. The number of halogens is 1. The lowest BCUT2D eigenvalue weighted by Gasteiger charge is -2.18. The largest absolute Gasteiger partial charge is 0.494 e. The van der Waals surface area contributed by atoms with E-state index < -0.39 is 0 Å². The van der Waals surface area contributed by atoms with Gasteiger partial charge in [-0.3, -0.25) is 0 Å². The first-order chi connectivity index (χ1) is 10.2. The molecule has 0 aliphatic carbocycles. The summed E-state index contributed by atoms with van der Waals surface area (Å²) in [7, 11) is 0. The van der Waals surface area contributed by atoms with Gasteiger partial charge in [-0.25, -0.2) is 0 Å². The fourth-order valence-corrected chi connectivity index (χ4v) is 3.76. The fraction of sp³-hybridized carbons (Fsp3) is 0.412. The van der Waals surface area contributed by atoms with E-state index in [0.29, 0.717) is 6.04 Å². The summed E-state index contributed by atoms with van der Waals surface area (Å²) in [5.41, 5.74) is 1.29. The molecule has 0 saturated heterocycles. The van der Waals surface area contributed by atoms with Gasteiger partial charge in [0.15, 0.2) is 0 Å². The summed E-state index contributed by atoms with van der Waals surface area (Å²) in [6.07, 6.45) is 2.03. The Morgan fingerprint density at radius 3 is 2.81 bits per heavy atom. The summed E-state index contributed by atoms with van der Waals surface area (Å²) in [5, 5.41) is 5.71. The van der Waals surface area contributed by atoms with E-state index in [2.05, 4.69) is 64.7 Å². The molecule has 1 unspecified atom stereocenters. The first-order valence-corrected chi connectivity index (χ1v) is 9.09. The molecule has 114 valence electrons. The van der Waals surface area contributed by atoms with Gasteiger partial charge in [-0.1, -0.05) is 26.0 Å². The molecule has 1 aromatic heterocycles. The summed E-state index contributed by atoms with van der Waals surface area (Å²) >= 11 is 5.33. The summed E-state index contributed by atoms with van der Waals surface area (Å²) in [5.74, 6) is 0.963. The van der Waals surface area contributed by atoms with Crippen LogP contribution in [0, 0.1) is 0 Å². The molecule has 1 atom stereocenters. The predicted octanol–water partition coefficient (Wildman–Crippen LogP) is 5.19. The minimum Gasteiger partial charge on any atom is -0.494 e. The number of rotatable bonds is 8. The molecule has 0 amide bonds. The smallest absolute Gasteiger partial charge is 0.119 e. The van der Waals surface area contributed by atoms with Crippen LogP contribution < -0.4 is 10.1 Å². The number of likely N-dealkylation sites (N-methyl/N-ethyl adjacent to an activating group) is 1.